The standard InChI is InChI=1S/C23H26Cl2N2O5S/c1-31-19-9-13(12-33(3,29)30)23(32-2)21-18(27-8-4-5-20(27)28)11-17(26-22(19)21)15-7-6-14(24)10-16(15)25/h6-7,9-10,17-18,26H,4-5,8,11-12H2,1-3H3. The van der Waals surface area contributed by atoms with Crippen molar-refractivity contribution in [2.45, 2.75) is 37.1 Å². The first-order valence-electron chi connectivity index (χ1n) is 10.6. The molecular weight excluding hydrogens is 487 g/mol. The van der Waals surface area contributed by atoms with Crippen molar-refractivity contribution in [3.63, 3.8) is 0 Å². The Hall–Kier alpha value is -2.16. The normalized spacial score (nSPS) is 20.4. The molecule has 10 heteroatoms. The molecule has 2 atom stereocenters. The third-order valence-electron chi connectivity index (χ3n) is 6.13. The van der Waals surface area contributed by atoms with E-state index in [9.17, 15) is 13.2 Å². The zero-order valence-corrected chi connectivity index (χ0v) is 21.0. The lowest BCUT2D eigenvalue weighted by Crippen LogP contribution is -2.36. The van der Waals surface area contributed by atoms with Crippen LogP contribution in [0.1, 0.15) is 48.0 Å². The average molecular weight is 513 g/mol. The van der Waals surface area contributed by atoms with Crippen LogP contribution in [0, 0.1) is 0 Å². The molecule has 33 heavy (non-hydrogen) atoms. The van der Waals surface area contributed by atoms with Crippen LogP contribution in [-0.2, 0) is 20.4 Å². The topological polar surface area (TPSA) is 84.9 Å². The summed E-state index contributed by atoms with van der Waals surface area (Å²) < 4.78 is 35.7. The summed E-state index contributed by atoms with van der Waals surface area (Å²) in [6.07, 6.45) is 2.96. The lowest BCUT2D eigenvalue weighted by Gasteiger charge is -2.40. The van der Waals surface area contributed by atoms with Crippen molar-refractivity contribution in [3.8, 4) is 11.5 Å². The Morgan fingerprint density at radius 2 is 1.94 bits per heavy atom. The van der Waals surface area contributed by atoms with E-state index in [4.69, 9.17) is 32.7 Å². The number of nitrogens with zero attached hydrogens (tertiary/aromatic N) is 1. The Bertz CT molecular complexity index is 1200. The number of fused-ring (bicyclic) bond motifs is 1. The molecule has 2 heterocycles. The van der Waals surface area contributed by atoms with Gasteiger partial charge in [-0.25, -0.2) is 8.42 Å². The second-order valence-electron chi connectivity index (χ2n) is 8.43. The van der Waals surface area contributed by atoms with Crippen molar-refractivity contribution in [2.24, 2.45) is 0 Å². The van der Waals surface area contributed by atoms with Gasteiger partial charge >= 0.3 is 0 Å². The van der Waals surface area contributed by atoms with Crippen LogP contribution in [0.25, 0.3) is 0 Å². The molecule has 1 saturated heterocycles. The van der Waals surface area contributed by atoms with Crippen LogP contribution < -0.4 is 14.8 Å². The third kappa shape index (κ3) is 4.74. The molecule has 0 aliphatic carbocycles. The molecule has 178 valence electrons. The summed E-state index contributed by atoms with van der Waals surface area (Å²) >= 11 is 12.6. The van der Waals surface area contributed by atoms with Crippen LogP contribution in [0.2, 0.25) is 10.0 Å². The zero-order valence-electron chi connectivity index (χ0n) is 18.7. The summed E-state index contributed by atoms with van der Waals surface area (Å²) in [6, 6.07) is 6.47. The fourth-order valence-electron chi connectivity index (χ4n) is 4.82. The van der Waals surface area contributed by atoms with Gasteiger partial charge in [0.15, 0.2) is 9.84 Å². The van der Waals surface area contributed by atoms with Gasteiger partial charge in [-0.05, 0) is 36.6 Å². The van der Waals surface area contributed by atoms with Gasteiger partial charge in [-0.15, -0.1) is 0 Å². The molecule has 1 fully saturated rings. The lowest BCUT2D eigenvalue weighted by atomic mass is 9.86. The molecule has 0 bridgehead atoms. The van der Waals surface area contributed by atoms with E-state index in [0.29, 0.717) is 52.2 Å². The number of carbonyl (C=O) groups is 1. The predicted octanol–water partition coefficient (Wildman–Crippen LogP) is 4.78. The van der Waals surface area contributed by atoms with Crippen molar-refractivity contribution in [3.05, 3.63) is 51.0 Å². The Kier molecular flexibility index (Phi) is 6.71. The second kappa shape index (κ2) is 9.24. The molecule has 0 saturated carbocycles. The number of halogens is 2. The highest BCUT2D eigenvalue weighted by Gasteiger charge is 2.40. The number of rotatable bonds is 6. The minimum absolute atomic E-state index is 0.0586. The molecule has 1 amide bonds. The summed E-state index contributed by atoms with van der Waals surface area (Å²) in [4.78, 5) is 14.6. The molecule has 0 aromatic heterocycles. The van der Waals surface area contributed by atoms with E-state index in [1.807, 2.05) is 11.0 Å². The van der Waals surface area contributed by atoms with E-state index in [0.717, 1.165) is 17.5 Å². The molecule has 2 aliphatic rings. The van der Waals surface area contributed by atoms with E-state index in [2.05, 4.69) is 5.32 Å². The monoisotopic (exact) mass is 512 g/mol. The molecule has 2 aromatic carbocycles. The summed E-state index contributed by atoms with van der Waals surface area (Å²) in [5, 5.41) is 4.57. The summed E-state index contributed by atoms with van der Waals surface area (Å²) in [5.41, 5.74) is 2.74. The minimum Gasteiger partial charge on any atom is -0.496 e. The van der Waals surface area contributed by atoms with Gasteiger partial charge in [0.2, 0.25) is 5.91 Å². The highest BCUT2D eigenvalue weighted by molar-refractivity contribution is 7.89. The predicted molar refractivity (Wildman–Crippen MR) is 129 cm³/mol. The fraction of sp³-hybridized carbons (Fsp3) is 0.435. The third-order valence-corrected chi connectivity index (χ3v) is 7.53. The maximum Gasteiger partial charge on any atom is 0.223 e. The molecule has 2 aromatic rings. The molecule has 2 aliphatic heterocycles. The van der Waals surface area contributed by atoms with Crippen molar-refractivity contribution < 1.29 is 22.7 Å². The molecular formula is C23H26Cl2N2O5S. The first-order valence-corrected chi connectivity index (χ1v) is 13.4. The van der Waals surface area contributed by atoms with Crippen LogP contribution in [-0.4, -0.2) is 46.2 Å². The van der Waals surface area contributed by atoms with E-state index in [1.165, 1.54) is 20.5 Å². The van der Waals surface area contributed by atoms with Gasteiger partial charge in [0.25, 0.3) is 0 Å². The number of methoxy groups -OCH3 is 2. The van der Waals surface area contributed by atoms with Crippen LogP contribution >= 0.6 is 23.2 Å². The molecule has 4 rings (SSSR count). The molecule has 2 unspecified atom stereocenters. The number of anilines is 1. The number of sulfone groups is 1. The average Bonchev–Trinajstić information content (AvgIpc) is 3.17. The van der Waals surface area contributed by atoms with Gasteiger partial charge < -0.3 is 19.7 Å². The fourth-order valence-corrected chi connectivity index (χ4v) is 6.14. The molecule has 7 nitrogen and oxygen atoms in total. The number of nitrogens with one attached hydrogen (secondary N) is 1. The van der Waals surface area contributed by atoms with Gasteiger partial charge in [0.1, 0.15) is 11.5 Å². The van der Waals surface area contributed by atoms with Crippen LogP contribution in [0.3, 0.4) is 0 Å². The molecule has 0 spiro atoms. The van der Waals surface area contributed by atoms with E-state index < -0.39 is 9.84 Å². The van der Waals surface area contributed by atoms with E-state index in [-0.39, 0.29) is 23.7 Å². The first kappa shape index (κ1) is 24.0. The Morgan fingerprint density at radius 3 is 2.52 bits per heavy atom. The maximum atomic E-state index is 12.8. The smallest absolute Gasteiger partial charge is 0.223 e. The van der Waals surface area contributed by atoms with Crippen molar-refractivity contribution in [1.29, 1.82) is 0 Å². The number of hydrogen-bond acceptors (Lipinski definition) is 6. The van der Waals surface area contributed by atoms with Crippen molar-refractivity contribution in [2.75, 3.05) is 32.3 Å². The van der Waals surface area contributed by atoms with Gasteiger partial charge in [0.05, 0.1) is 37.7 Å². The second-order valence-corrected chi connectivity index (χ2v) is 11.4. The van der Waals surface area contributed by atoms with E-state index >= 15 is 0 Å². The van der Waals surface area contributed by atoms with Gasteiger partial charge in [-0.2, -0.15) is 0 Å². The van der Waals surface area contributed by atoms with Crippen LogP contribution in [0.15, 0.2) is 24.3 Å². The van der Waals surface area contributed by atoms with Gasteiger partial charge in [-0.3, -0.25) is 4.79 Å². The Morgan fingerprint density at radius 1 is 1.18 bits per heavy atom. The first-order chi connectivity index (χ1) is 15.6. The number of hydrogen-bond donors (Lipinski definition) is 1. The highest BCUT2D eigenvalue weighted by atomic mass is 35.5. The number of ether oxygens (including phenoxy) is 2. The maximum absolute atomic E-state index is 12.8. The number of amides is 1. The Labute approximate surface area is 203 Å². The quantitative estimate of drug-likeness (QED) is 0.599. The van der Waals surface area contributed by atoms with Crippen molar-refractivity contribution >= 4 is 44.6 Å². The van der Waals surface area contributed by atoms with Crippen LogP contribution in [0.4, 0.5) is 5.69 Å². The van der Waals surface area contributed by atoms with Crippen molar-refractivity contribution in [1.82, 2.24) is 4.90 Å². The molecule has 1 N–H and O–H groups in total. The zero-order chi connectivity index (χ0) is 23.9. The van der Waals surface area contributed by atoms with Gasteiger partial charge in [-0.1, -0.05) is 29.3 Å². The molecule has 0 radical (unpaired) electrons. The SMILES string of the molecule is COc1cc(CS(C)(=O)=O)c(OC)c2c1NC(c1ccc(Cl)cc1Cl)CC2N1CCCC1=O. The highest BCUT2D eigenvalue weighted by Crippen LogP contribution is 2.52. The largest absolute Gasteiger partial charge is 0.496 e. The Balaban J connectivity index is 1.92. The summed E-state index contributed by atoms with van der Waals surface area (Å²) in [7, 11) is -0.295. The lowest BCUT2D eigenvalue weighted by molar-refractivity contribution is -0.130. The van der Waals surface area contributed by atoms with Crippen LogP contribution in [0.5, 0.6) is 11.5 Å². The number of benzene rings is 2. The summed E-state index contributed by atoms with van der Waals surface area (Å²) in [5.74, 6) is 0.792. The minimum atomic E-state index is -3.34. The number of likely N-dealkylation sites (tertiary alicyclic amines) is 1. The summed E-state index contributed by atoms with van der Waals surface area (Å²) in [6.45, 7) is 0.617. The van der Waals surface area contributed by atoms with Gasteiger partial charge in [0, 0.05) is 40.4 Å². The number of carbonyl (C=O) groups excluding carboxylic acids is 1. The van der Waals surface area contributed by atoms with E-state index in [1.54, 1.807) is 18.2 Å².